The molecule has 0 spiro atoms. The van der Waals surface area contributed by atoms with E-state index in [1.165, 1.54) is 0 Å². The minimum absolute atomic E-state index is 0.849. The Morgan fingerprint density at radius 2 is 1.37 bits per heavy atom. The van der Waals surface area contributed by atoms with Gasteiger partial charge in [-0.2, -0.15) is 0 Å². The maximum atomic E-state index is 5.10. The van der Waals surface area contributed by atoms with Crippen molar-refractivity contribution in [2.45, 2.75) is 0 Å². The van der Waals surface area contributed by atoms with Gasteiger partial charge in [0.15, 0.2) is 0 Å². The molecule has 0 bridgehead atoms. The molecule has 0 unspecified atom stereocenters. The van der Waals surface area contributed by atoms with Crippen LogP contribution in [0.2, 0.25) is 0 Å². The van der Waals surface area contributed by atoms with Gasteiger partial charge in [0.05, 0.1) is 33.8 Å². The van der Waals surface area contributed by atoms with E-state index in [-0.39, 0.29) is 0 Å². The molecule has 7 aromatic rings. The first kappa shape index (κ1) is 19.6. The lowest BCUT2D eigenvalue weighted by Gasteiger charge is -2.10. The van der Waals surface area contributed by atoms with E-state index in [1.54, 1.807) is 6.20 Å². The number of pyridine rings is 4. The molecule has 5 aromatic heterocycles. The average Bonchev–Trinajstić information content (AvgIpc) is 3.33. The van der Waals surface area contributed by atoms with Gasteiger partial charge in [-0.1, -0.05) is 54.6 Å². The molecule has 0 atom stereocenters. The molecule has 0 saturated carbocycles. The number of benzene rings is 2. The van der Waals surface area contributed by atoms with Gasteiger partial charge in [-0.05, 0) is 48.5 Å². The zero-order valence-electron chi connectivity index (χ0n) is 18.7. The molecule has 35 heavy (non-hydrogen) atoms. The first-order valence-corrected chi connectivity index (χ1v) is 11.5. The van der Waals surface area contributed by atoms with Crippen LogP contribution in [0, 0.1) is 0 Å². The maximum absolute atomic E-state index is 5.10. The van der Waals surface area contributed by atoms with Crippen LogP contribution < -0.4 is 0 Å². The van der Waals surface area contributed by atoms with Crippen molar-refractivity contribution in [2.24, 2.45) is 0 Å². The number of imidazole rings is 1. The van der Waals surface area contributed by atoms with Crippen LogP contribution in [-0.2, 0) is 0 Å². The first-order valence-electron chi connectivity index (χ1n) is 11.5. The van der Waals surface area contributed by atoms with Gasteiger partial charge in [-0.15, -0.1) is 0 Å². The fourth-order valence-electron chi connectivity index (χ4n) is 4.63. The molecule has 0 radical (unpaired) electrons. The predicted molar refractivity (Wildman–Crippen MR) is 140 cm³/mol. The Hall–Kier alpha value is -4.90. The zero-order chi connectivity index (χ0) is 23.2. The summed E-state index contributed by atoms with van der Waals surface area (Å²) in [5.41, 5.74) is 9.35. The van der Waals surface area contributed by atoms with Crippen LogP contribution in [0.5, 0.6) is 0 Å². The van der Waals surface area contributed by atoms with E-state index in [0.29, 0.717) is 0 Å². The van der Waals surface area contributed by atoms with Gasteiger partial charge in [0.2, 0.25) is 0 Å². The molecule has 0 saturated heterocycles. The normalized spacial score (nSPS) is 11.4. The lowest BCUT2D eigenvalue weighted by Crippen LogP contribution is -1.93. The minimum Gasteiger partial charge on any atom is -0.298 e. The van der Waals surface area contributed by atoms with Crippen LogP contribution in [0.25, 0.3) is 61.5 Å². The van der Waals surface area contributed by atoms with Crippen molar-refractivity contribution in [2.75, 3.05) is 0 Å². The molecule has 0 aliphatic rings. The van der Waals surface area contributed by atoms with Crippen molar-refractivity contribution in [3.8, 4) is 33.9 Å². The fraction of sp³-hybridized carbons (Fsp3) is 0. The number of hydrogen-bond donors (Lipinski definition) is 0. The topological polar surface area (TPSA) is 56.0 Å². The van der Waals surface area contributed by atoms with Gasteiger partial charge < -0.3 is 0 Å². The SMILES string of the molecule is c1ccc(-c2cccc(-c3cccc(-c4nc5ccccc5c5nc6ccccn6c45)c3)n2)nc1. The van der Waals surface area contributed by atoms with Gasteiger partial charge in [-0.25, -0.2) is 15.0 Å². The van der Waals surface area contributed by atoms with Gasteiger partial charge in [0.25, 0.3) is 0 Å². The lowest BCUT2D eigenvalue weighted by molar-refractivity contribution is 1.22. The van der Waals surface area contributed by atoms with Crippen LogP contribution in [0.4, 0.5) is 0 Å². The van der Waals surface area contributed by atoms with Crippen molar-refractivity contribution in [1.29, 1.82) is 0 Å². The number of rotatable bonds is 3. The van der Waals surface area contributed by atoms with E-state index < -0.39 is 0 Å². The standard InChI is InChI=1S/C30H19N5/c1-2-12-24-22(11-1)29-30(35-18-6-4-16-27(35)34-29)28(33-24)21-10-7-9-20(19-21)23-14-8-15-26(32-23)25-13-3-5-17-31-25/h1-19H. The Morgan fingerprint density at radius 3 is 2.31 bits per heavy atom. The molecule has 0 amide bonds. The Labute approximate surface area is 201 Å². The predicted octanol–water partition coefficient (Wildman–Crippen LogP) is 6.83. The van der Waals surface area contributed by atoms with Crippen LogP contribution in [0.1, 0.15) is 0 Å². The summed E-state index contributed by atoms with van der Waals surface area (Å²) in [6.07, 6.45) is 3.84. The highest BCUT2D eigenvalue weighted by atomic mass is 15.0. The summed E-state index contributed by atoms with van der Waals surface area (Å²) in [5.74, 6) is 0. The highest BCUT2D eigenvalue weighted by Crippen LogP contribution is 2.34. The van der Waals surface area contributed by atoms with Crippen LogP contribution >= 0.6 is 0 Å². The number of hydrogen-bond acceptors (Lipinski definition) is 4. The lowest BCUT2D eigenvalue weighted by atomic mass is 10.0. The smallest absolute Gasteiger partial charge is 0.137 e. The fourth-order valence-corrected chi connectivity index (χ4v) is 4.63. The third kappa shape index (κ3) is 3.25. The third-order valence-electron chi connectivity index (χ3n) is 6.25. The summed E-state index contributed by atoms with van der Waals surface area (Å²) < 4.78 is 2.12. The van der Waals surface area contributed by atoms with Crippen molar-refractivity contribution < 1.29 is 0 Å². The highest BCUT2D eigenvalue weighted by Gasteiger charge is 2.16. The maximum Gasteiger partial charge on any atom is 0.137 e. The van der Waals surface area contributed by atoms with Crippen molar-refractivity contribution in [3.63, 3.8) is 0 Å². The quantitative estimate of drug-likeness (QED) is 0.297. The molecular formula is C30H19N5. The van der Waals surface area contributed by atoms with E-state index in [0.717, 1.165) is 61.5 Å². The summed E-state index contributed by atoms with van der Waals surface area (Å²) in [5, 5.41) is 1.05. The molecule has 5 heterocycles. The van der Waals surface area contributed by atoms with E-state index in [9.17, 15) is 0 Å². The Morgan fingerprint density at radius 1 is 0.571 bits per heavy atom. The molecule has 5 heteroatoms. The van der Waals surface area contributed by atoms with Gasteiger partial charge >= 0.3 is 0 Å². The second-order valence-electron chi connectivity index (χ2n) is 8.42. The average molecular weight is 450 g/mol. The number of fused-ring (bicyclic) bond motifs is 5. The summed E-state index contributed by atoms with van der Waals surface area (Å²) in [4.78, 5) is 19.4. The van der Waals surface area contributed by atoms with E-state index in [4.69, 9.17) is 15.0 Å². The van der Waals surface area contributed by atoms with Crippen LogP contribution in [0.15, 0.2) is 116 Å². The summed E-state index contributed by atoms with van der Waals surface area (Å²) in [6, 6.07) is 34.6. The molecule has 2 aromatic carbocycles. The second kappa shape index (κ2) is 7.85. The zero-order valence-corrected chi connectivity index (χ0v) is 18.7. The van der Waals surface area contributed by atoms with Crippen molar-refractivity contribution >= 4 is 27.6 Å². The molecule has 164 valence electrons. The second-order valence-corrected chi connectivity index (χ2v) is 8.42. The van der Waals surface area contributed by atoms with E-state index in [2.05, 4.69) is 39.7 Å². The largest absolute Gasteiger partial charge is 0.298 e. The van der Waals surface area contributed by atoms with E-state index in [1.807, 2.05) is 79.0 Å². The third-order valence-corrected chi connectivity index (χ3v) is 6.25. The first-order chi connectivity index (χ1) is 17.3. The highest BCUT2D eigenvalue weighted by molar-refractivity contribution is 6.09. The molecule has 0 fully saturated rings. The van der Waals surface area contributed by atoms with Gasteiger partial charge in [0.1, 0.15) is 11.2 Å². The molecule has 0 aliphatic carbocycles. The molecule has 0 N–H and O–H groups in total. The van der Waals surface area contributed by atoms with Crippen molar-refractivity contribution in [1.82, 2.24) is 24.3 Å². The van der Waals surface area contributed by atoms with E-state index >= 15 is 0 Å². The minimum atomic E-state index is 0.849. The molecule has 0 aliphatic heterocycles. The summed E-state index contributed by atoms with van der Waals surface area (Å²) in [7, 11) is 0. The number of nitrogens with zero attached hydrogens (tertiary/aromatic N) is 5. The monoisotopic (exact) mass is 449 g/mol. The van der Waals surface area contributed by atoms with Gasteiger partial charge in [0, 0.05) is 28.9 Å². The van der Waals surface area contributed by atoms with Crippen LogP contribution in [0.3, 0.4) is 0 Å². The Balaban J connectivity index is 1.45. The summed E-state index contributed by atoms with van der Waals surface area (Å²) >= 11 is 0. The number of aromatic nitrogens is 5. The summed E-state index contributed by atoms with van der Waals surface area (Å²) in [6.45, 7) is 0. The number of para-hydroxylation sites is 1. The van der Waals surface area contributed by atoms with Gasteiger partial charge in [-0.3, -0.25) is 9.38 Å². The molecule has 7 rings (SSSR count). The Bertz CT molecular complexity index is 1850. The molecular weight excluding hydrogens is 430 g/mol. The van der Waals surface area contributed by atoms with Crippen molar-refractivity contribution in [3.05, 3.63) is 116 Å². The van der Waals surface area contributed by atoms with Crippen LogP contribution in [-0.4, -0.2) is 24.3 Å². The molecule has 5 nitrogen and oxygen atoms in total. The Kier molecular flexibility index (Phi) is 4.39.